The zero-order valence-corrected chi connectivity index (χ0v) is 18.0. The molecule has 2 atom stereocenters. The Morgan fingerprint density at radius 3 is 2.33 bits per heavy atom. The number of carbonyl (C=O) groups is 3. The second-order valence-electron chi connectivity index (χ2n) is 6.28. The molecule has 13 heteroatoms. The van der Waals surface area contributed by atoms with E-state index < -0.39 is 53.3 Å². The molecule has 0 aromatic heterocycles. The maximum atomic E-state index is 12.2. The van der Waals surface area contributed by atoms with Crippen molar-refractivity contribution in [2.45, 2.75) is 17.9 Å². The molecule has 0 saturated heterocycles. The highest BCUT2D eigenvalue weighted by atomic mass is 32.2. The SMILES string of the molecule is CC(=O)Oc1ccccc1C(=O)OCOC(=O)c1ccc(S(=O)CC(O)CO[N+](=O)[O-])cc1. The fourth-order valence-corrected chi connectivity index (χ4v) is 3.46. The summed E-state index contributed by atoms with van der Waals surface area (Å²) in [5.41, 5.74) is 0.0470. The maximum absolute atomic E-state index is 12.2. The van der Waals surface area contributed by atoms with Gasteiger partial charge in [-0.3, -0.25) is 9.00 Å². The highest BCUT2D eigenvalue weighted by Crippen LogP contribution is 2.19. The average Bonchev–Trinajstić information content (AvgIpc) is 2.77. The Morgan fingerprint density at radius 2 is 1.70 bits per heavy atom. The molecule has 0 spiro atoms. The lowest BCUT2D eigenvalue weighted by Gasteiger charge is -2.10. The Balaban J connectivity index is 1.86. The molecule has 2 aromatic rings. The van der Waals surface area contributed by atoms with Crippen molar-refractivity contribution in [2.75, 3.05) is 19.2 Å². The van der Waals surface area contributed by atoms with Crippen molar-refractivity contribution in [3.63, 3.8) is 0 Å². The summed E-state index contributed by atoms with van der Waals surface area (Å²) in [6.07, 6.45) is -1.32. The number of aliphatic hydroxyl groups excluding tert-OH is 1. The van der Waals surface area contributed by atoms with Crippen LogP contribution in [0.3, 0.4) is 0 Å². The Bertz CT molecular complexity index is 1040. The summed E-state index contributed by atoms with van der Waals surface area (Å²) in [6.45, 7) is -0.146. The van der Waals surface area contributed by atoms with Gasteiger partial charge in [-0.2, -0.15) is 0 Å². The second-order valence-corrected chi connectivity index (χ2v) is 7.78. The van der Waals surface area contributed by atoms with E-state index in [9.17, 15) is 33.8 Å². The number of rotatable bonds is 11. The fraction of sp³-hybridized carbons (Fsp3) is 0.250. The minimum Gasteiger partial charge on any atom is -0.426 e. The van der Waals surface area contributed by atoms with Gasteiger partial charge in [-0.25, -0.2) is 9.59 Å². The molecule has 2 unspecified atom stereocenters. The van der Waals surface area contributed by atoms with E-state index in [2.05, 4.69) is 4.84 Å². The number of hydrogen-bond acceptors (Lipinski definition) is 11. The van der Waals surface area contributed by atoms with Crippen LogP contribution in [-0.2, 0) is 29.9 Å². The Hall–Kier alpha value is -3.84. The largest absolute Gasteiger partial charge is 0.426 e. The number of esters is 3. The van der Waals surface area contributed by atoms with E-state index in [-0.39, 0.29) is 27.5 Å². The second kappa shape index (κ2) is 12.3. The van der Waals surface area contributed by atoms with Crippen LogP contribution in [0.4, 0.5) is 0 Å². The molecular weight excluding hydrogens is 462 g/mol. The number of hydrogen-bond donors (Lipinski definition) is 1. The monoisotopic (exact) mass is 481 g/mol. The minimum atomic E-state index is -1.70. The molecule has 0 bridgehead atoms. The molecule has 0 heterocycles. The lowest BCUT2D eigenvalue weighted by Crippen LogP contribution is -2.24. The van der Waals surface area contributed by atoms with Crippen molar-refractivity contribution in [1.29, 1.82) is 0 Å². The quantitative estimate of drug-likeness (QED) is 0.161. The van der Waals surface area contributed by atoms with Gasteiger partial charge < -0.3 is 24.2 Å². The Labute approximate surface area is 189 Å². The molecule has 0 saturated carbocycles. The number of benzene rings is 2. The Kier molecular flexibility index (Phi) is 9.45. The van der Waals surface area contributed by atoms with Gasteiger partial charge >= 0.3 is 17.9 Å². The van der Waals surface area contributed by atoms with Crippen LogP contribution >= 0.6 is 0 Å². The minimum absolute atomic E-state index is 0.0000205. The maximum Gasteiger partial charge on any atom is 0.344 e. The number of aliphatic hydroxyl groups is 1. The fourth-order valence-electron chi connectivity index (χ4n) is 2.39. The van der Waals surface area contributed by atoms with Crippen molar-refractivity contribution in [3.05, 3.63) is 69.8 Å². The first-order valence-corrected chi connectivity index (χ1v) is 10.5. The van der Waals surface area contributed by atoms with Crippen LogP contribution in [0.25, 0.3) is 0 Å². The molecule has 0 fully saturated rings. The molecule has 2 aromatic carbocycles. The summed E-state index contributed by atoms with van der Waals surface area (Å²) in [5, 5.41) is 18.6. The predicted octanol–water partition coefficient (Wildman–Crippen LogP) is 1.26. The summed E-state index contributed by atoms with van der Waals surface area (Å²) in [6, 6.07) is 11.2. The standard InChI is InChI=1S/C20H19NO11S/c1-13(22)32-18-5-3-2-4-17(18)20(25)30-12-29-19(24)14-6-8-16(9-7-14)33(28)11-15(23)10-31-21(26)27/h2-9,15,23H,10-12H2,1H3. The van der Waals surface area contributed by atoms with Gasteiger partial charge in [-0.05, 0) is 36.4 Å². The van der Waals surface area contributed by atoms with Crippen molar-refractivity contribution in [2.24, 2.45) is 0 Å². The van der Waals surface area contributed by atoms with Gasteiger partial charge in [-0.1, -0.05) is 12.1 Å². The number of para-hydroxylation sites is 1. The van der Waals surface area contributed by atoms with Crippen LogP contribution in [-0.4, -0.2) is 57.6 Å². The van der Waals surface area contributed by atoms with Crippen LogP contribution in [0.1, 0.15) is 27.6 Å². The summed E-state index contributed by atoms with van der Waals surface area (Å²) in [5.74, 6) is -2.62. The molecular formula is C20H19NO11S. The third-order valence-corrected chi connectivity index (χ3v) is 5.30. The van der Waals surface area contributed by atoms with Crippen molar-refractivity contribution in [1.82, 2.24) is 0 Å². The lowest BCUT2D eigenvalue weighted by molar-refractivity contribution is -0.759. The average molecular weight is 481 g/mol. The molecule has 1 N–H and O–H groups in total. The molecule has 0 radical (unpaired) electrons. The first kappa shape index (κ1) is 25.4. The van der Waals surface area contributed by atoms with Crippen LogP contribution in [0, 0.1) is 10.1 Å². The summed E-state index contributed by atoms with van der Waals surface area (Å²) in [7, 11) is -1.70. The van der Waals surface area contributed by atoms with Gasteiger partial charge in [0.2, 0.25) is 6.79 Å². The third-order valence-electron chi connectivity index (χ3n) is 3.81. The van der Waals surface area contributed by atoms with E-state index in [0.29, 0.717) is 0 Å². The zero-order chi connectivity index (χ0) is 24.4. The predicted molar refractivity (Wildman–Crippen MR) is 110 cm³/mol. The smallest absolute Gasteiger partial charge is 0.344 e. The normalized spacial score (nSPS) is 12.2. The van der Waals surface area contributed by atoms with Crippen LogP contribution in [0.5, 0.6) is 5.75 Å². The zero-order valence-electron chi connectivity index (χ0n) is 17.2. The van der Waals surface area contributed by atoms with E-state index in [1.165, 1.54) is 49.4 Å². The van der Waals surface area contributed by atoms with Gasteiger partial charge in [0, 0.05) is 11.8 Å². The van der Waals surface area contributed by atoms with E-state index in [1.54, 1.807) is 6.07 Å². The first-order chi connectivity index (χ1) is 15.7. The molecule has 0 aliphatic rings. The third kappa shape index (κ3) is 8.31. The van der Waals surface area contributed by atoms with Crippen LogP contribution < -0.4 is 4.74 Å². The van der Waals surface area contributed by atoms with Gasteiger partial charge in [0.1, 0.15) is 17.9 Å². The summed E-state index contributed by atoms with van der Waals surface area (Å²) in [4.78, 5) is 49.8. The molecule has 0 aliphatic heterocycles. The van der Waals surface area contributed by atoms with E-state index in [0.717, 1.165) is 0 Å². The van der Waals surface area contributed by atoms with Crippen molar-refractivity contribution in [3.8, 4) is 5.75 Å². The topological polar surface area (TPSA) is 169 Å². The van der Waals surface area contributed by atoms with E-state index in [4.69, 9.17) is 14.2 Å². The summed E-state index contributed by atoms with van der Waals surface area (Å²) >= 11 is 0. The molecule has 0 amide bonds. The van der Waals surface area contributed by atoms with E-state index >= 15 is 0 Å². The van der Waals surface area contributed by atoms with Crippen molar-refractivity contribution < 1.29 is 47.8 Å². The highest BCUT2D eigenvalue weighted by Gasteiger charge is 2.17. The Morgan fingerprint density at radius 1 is 1.06 bits per heavy atom. The molecule has 176 valence electrons. The van der Waals surface area contributed by atoms with Gasteiger partial charge in [0.05, 0.1) is 28.2 Å². The molecule has 0 aliphatic carbocycles. The van der Waals surface area contributed by atoms with Crippen molar-refractivity contribution >= 4 is 28.7 Å². The van der Waals surface area contributed by atoms with Gasteiger partial charge in [-0.15, -0.1) is 10.1 Å². The van der Waals surface area contributed by atoms with Crippen LogP contribution in [0.15, 0.2) is 53.4 Å². The number of ether oxygens (including phenoxy) is 3. The molecule has 2 rings (SSSR count). The van der Waals surface area contributed by atoms with Gasteiger partial charge in [0.25, 0.3) is 5.09 Å². The molecule has 12 nitrogen and oxygen atoms in total. The lowest BCUT2D eigenvalue weighted by atomic mass is 10.2. The van der Waals surface area contributed by atoms with Gasteiger partial charge in [0.15, 0.2) is 0 Å². The molecule has 33 heavy (non-hydrogen) atoms. The van der Waals surface area contributed by atoms with Crippen LogP contribution in [0.2, 0.25) is 0 Å². The highest BCUT2D eigenvalue weighted by molar-refractivity contribution is 7.85. The van der Waals surface area contributed by atoms with E-state index in [1.807, 2.05) is 0 Å². The number of carbonyl (C=O) groups excluding carboxylic acids is 3. The first-order valence-electron chi connectivity index (χ1n) is 9.23. The summed E-state index contributed by atoms with van der Waals surface area (Å²) < 4.78 is 26.8. The number of nitrogens with zero attached hydrogens (tertiary/aromatic N) is 1.